The molecule has 1 fully saturated rings. The van der Waals surface area contributed by atoms with Gasteiger partial charge >= 0.3 is 5.97 Å². The van der Waals surface area contributed by atoms with Crippen LogP contribution in [0, 0.1) is 0 Å². The molecule has 0 heterocycles. The number of hydrogen-bond acceptors (Lipinski definition) is 4. The Morgan fingerprint density at radius 3 is 2.62 bits per heavy atom. The quantitative estimate of drug-likeness (QED) is 0.774. The van der Waals surface area contributed by atoms with Gasteiger partial charge in [0.2, 0.25) is 0 Å². The third-order valence-corrected chi connectivity index (χ3v) is 4.89. The molecule has 1 unspecified atom stereocenters. The van der Waals surface area contributed by atoms with E-state index in [2.05, 4.69) is 37.2 Å². The Morgan fingerprint density at radius 2 is 2.00 bits per heavy atom. The molecular formula is C20H31NO3. The van der Waals surface area contributed by atoms with E-state index in [4.69, 9.17) is 4.74 Å². The van der Waals surface area contributed by atoms with E-state index >= 15 is 0 Å². The number of aliphatic hydroxyl groups is 1. The minimum atomic E-state index is -1.04. The Balaban J connectivity index is 2.06. The minimum absolute atomic E-state index is 0.302. The minimum Gasteiger partial charge on any atom is -0.464 e. The lowest BCUT2D eigenvalue weighted by molar-refractivity contribution is -0.153. The first kappa shape index (κ1) is 18.8. The molecule has 1 N–H and O–H groups in total. The van der Waals surface area contributed by atoms with E-state index in [9.17, 15) is 9.90 Å². The van der Waals surface area contributed by atoms with Crippen LogP contribution in [-0.2, 0) is 16.0 Å². The first-order valence-electron chi connectivity index (χ1n) is 9.17. The van der Waals surface area contributed by atoms with Gasteiger partial charge in [-0.25, -0.2) is 4.79 Å². The number of ether oxygens (including phenoxy) is 1. The fourth-order valence-electron chi connectivity index (χ4n) is 3.55. The Bertz CT molecular complexity index is 536. The first-order chi connectivity index (χ1) is 11.5. The van der Waals surface area contributed by atoms with Gasteiger partial charge in [-0.2, -0.15) is 0 Å². The van der Waals surface area contributed by atoms with Crippen LogP contribution >= 0.6 is 0 Å². The van der Waals surface area contributed by atoms with Crippen molar-refractivity contribution < 1.29 is 14.6 Å². The summed E-state index contributed by atoms with van der Waals surface area (Å²) in [7, 11) is 4.16. The summed E-state index contributed by atoms with van der Waals surface area (Å²) in [6.07, 6.45) is 6.60. The van der Waals surface area contributed by atoms with Crippen LogP contribution in [-0.4, -0.2) is 37.9 Å². The zero-order valence-corrected chi connectivity index (χ0v) is 15.3. The van der Waals surface area contributed by atoms with Gasteiger partial charge in [-0.3, -0.25) is 0 Å². The molecule has 4 nitrogen and oxygen atoms in total. The van der Waals surface area contributed by atoms with Crippen molar-refractivity contribution in [2.45, 2.75) is 63.9 Å². The number of anilines is 1. The van der Waals surface area contributed by atoms with E-state index in [0.29, 0.717) is 25.4 Å². The summed E-state index contributed by atoms with van der Waals surface area (Å²) in [5.74, 6) is 0.138. The van der Waals surface area contributed by atoms with Gasteiger partial charge in [0.25, 0.3) is 0 Å². The lowest BCUT2D eigenvalue weighted by Crippen LogP contribution is -2.23. The highest BCUT2D eigenvalue weighted by molar-refractivity contribution is 5.74. The number of carbonyl (C=O) groups is 1. The standard InChI is InChI=1S/C20H31NO3/c1-4-24-20(23)19(22)13-11-15-10-12-17(18(14-15)21(2)3)16-8-6-5-7-9-16/h10,12,14,16,19,22H,4-9,11,13H2,1-3H3. The number of aliphatic hydroxyl groups excluding tert-OH is 1. The van der Waals surface area contributed by atoms with Crippen LogP contribution in [0.4, 0.5) is 5.69 Å². The van der Waals surface area contributed by atoms with Crippen LogP contribution in [0.1, 0.15) is 62.5 Å². The lowest BCUT2D eigenvalue weighted by atomic mass is 9.82. The maximum atomic E-state index is 11.5. The third kappa shape index (κ3) is 4.97. The average Bonchev–Trinajstić information content (AvgIpc) is 2.60. The molecule has 0 spiro atoms. The van der Waals surface area contributed by atoms with Crippen molar-refractivity contribution in [2.24, 2.45) is 0 Å². The fourth-order valence-corrected chi connectivity index (χ4v) is 3.55. The molecule has 1 aliphatic rings. The monoisotopic (exact) mass is 333 g/mol. The molecule has 4 heteroatoms. The van der Waals surface area contributed by atoms with Gasteiger partial charge in [-0.05, 0) is 55.7 Å². The molecule has 1 aliphatic carbocycles. The molecule has 1 aromatic rings. The van der Waals surface area contributed by atoms with Crippen LogP contribution in [0.15, 0.2) is 18.2 Å². The summed E-state index contributed by atoms with van der Waals surface area (Å²) >= 11 is 0. The molecule has 0 amide bonds. The second kappa shape index (κ2) is 9.07. The van der Waals surface area contributed by atoms with Gasteiger partial charge in [0.15, 0.2) is 6.10 Å². The Morgan fingerprint density at radius 1 is 1.29 bits per heavy atom. The van der Waals surface area contributed by atoms with Gasteiger partial charge < -0.3 is 14.7 Å². The number of carbonyl (C=O) groups excluding carboxylic acids is 1. The Kier molecular flexibility index (Phi) is 7.10. The maximum absolute atomic E-state index is 11.5. The molecule has 24 heavy (non-hydrogen) atoms. The van der Waals surface area contributed by atoms with Crippen molar-refractivity contribution in [3.63, 3.8) is 0 Å². The van der Waals surface area contributed by atoms with E-state index in [1.165, 1.54) is 43.4 Å². The topological polar surface area (TPSA) is 49.8 Å². The van der Waals surface area contributed by atoms with Crippen molar-refractivity contribution in [1.29, 1.82) is 0 Å². The number of rotatable bonds is 7. The van der Waals surface area contributed by atoms with Crippen LogP contribution in [0.5, 0.6) is 0 Å². The molecule has 0 aromatic heterocycles. The summed E-state index contributed by atoms with van der Waals surface area (Å²) in [4.78, 5) is 13.7. The summed E-state index contributed by atoms with van der Waals surface area (Å²) in [5, 5.41) is 9.86. The zero-order valence-electron chi connectivity index (χ0n) is 15.3. The van der Waals surface area contributed by atoms with Gasteiger partial charge in [0, 0.05) is 19.8 Å². The van der Waals surface area contributed by atoms with Crippen LogP contribution in [0.2, 0.25) is 0 Å². The average molecular weight is 333 g/mol. The van der Waals surface area contributed by atoms with Gasteiger partial charge in [-0.15, -0.1) is 0 Å². The summed E-state index contributed by atoms with van der Waals surface area (Å²) < 4.78 is 4.86. The maximum Gasteiger partial charge on any atom is 0.334 e. The predicted molar refractivity (Wildman–Crippen MR) is 97.6 cm³/mol. The largest absolute Gasteiger partial charge is 0.464 e. The van der Waals surface area contributed by atoms with E-state index in [0.717, 1.165) is 5.56 Å². The number of aryl methyl sites for hydroxylation is 1. The molecule has 1 saturated carbocycles. The summed E-state index contributed by atoms with van der Waals surface area (Å²) in [6, 6.07) is 6.61. The molecule has 1 aromatic carbocycles. The Hall–Kier alpha value is -1.55. The molecule has 0 aliphatic heterocycles. The molecule has 0 saturated heterocycles. The van der Waals surface area contributed by atoms with Crippen molar-refractivity contribution in [2.75, 3.05) is 25.6 Å². The van der Waals surface area contributed by atoms with E-state index in [-0.39, 0.29) is 0 Å². The van der Waals surface area contributed by atoms with Gasteiger partial charge in [0.1, 0.15) is 0 Å². The molecule has 0 bridgehead atoms. The Labute approximate surface area is 145 Å². The molecule has 2 rings (SSSR count). The lowest BCUT2D eigenvalue weighted by Gasteiger charge is -2.27. The SMILES string of the molecule is CCOC(=O)C(O)CCc1ccc(C2CCCCC2)c(N(C)C)c1. The predicted octanol–water partition coefficient (Wildman–Crippen LogP) is 3.66. The third-order valence-electron chi connectivity index (χ3n) is 4.89. The number of nitrogens with zero attached hydrogens (tertiary/aromatic N) is 1. The molecular weight excluding hydrogens is 302 g/mol. The normalized spacial score (nSPS) is 16.7. The van der Waals surface area contributed by atoms with E-state index in [1.807, 2.05) is 0 Å². The number of hydrogen-bond donors (Lipinski definition) is 1. The van der Waals surface area contributed by atoms with Crippen molar-refractivity contribution in [3.8, 4) is 0 Å². The van der Waals surface area contributed by atoms with Crippen molar-refractivity contribution in [1.82, 2.24) is 0 Å². The summed E-state index contributed by atoms with van der Waals surface area (Å²) in [6.45, 7) is 2.05. The van der Waals surface area contributed by atoms with Crippen LogP contribution in [0.25, 0.3) is 0 Å². The second-order valence-corrected chi connectivity index (χ2v) is 6.93. The number of benzene rings is 1. The highest BCUT2D eigenvalue weighted by atomic mass is 16.5. The van der Waals surface area contributed by atoms with E-state index < -0.39 is 12.1 Å². The highest BCUT2D eigenvalue weighted by Crippen LogP contribution is 2.37. The molecule has 1 atom stereocenters. The first-order valence-corrected chi connectivity index (χ1v) is 9.17. The zero-order chi connectivity index (χ0) is 17.5. The second-order valence-electron chi connectivity index (χ2n) is 6.93. The smallest absolute Gasteiger partial charge is 0.334 e. The summed E-state index contributed by atoms with van der Waals surface area (Å²) in [5.41, 5.74) is 3.86. The van der Waals surface area contributed by atoms with Crippen molar-refractivity contribution >= 4 is 11.7 Å². The van der Waals surface area contributed by atoms with E-state index in [1.54, 1.807) is 6.92 Å². The number of esters is 1. The van der Waals surface area contributed by atoms with Crippen molar-refractivity contribution in [3.05, 3.63) is 29.3 Å². The van der Waals surface area contributed by atoms with Gasteiger partial charge in [0.05, 0.1) is 6.61 Å². The van der Waals surface area contributed by atoms with Gasteiger partial charge in [-0.1, -0.05) is 31.4 Å². The molecule has 134 valence electrons. The van der Waals surface area contributed by atoms with Crippen LogP contribution in [0.3, 0.4) is 0 Å². The fraction of sp³-hybridized carbons (Fsp3) is 0.650. The van der Waals surface area contributed by atoms with Crippen LogP contribution < -0.4 is 4.90 Å². The molecule has 0 radical (unpaired) electrons. The highest BCUT2D eigenvalue weighted by Gasteiger charge is 2.20.